The molecule has 0 bridgehead atoms. The number of carbonyl (C=O) groups excluding carboxylic acids is 2. The predicted molar refractivity (Wildman–Crippen MR) is 93.5 cm³/mol. The van der Waals surface area contributed by atoms with Gasteiger partial charge in [-0.25, -0.2) is 19.6 Å². The van der Waals surface area contributed by atoms with Gasteiger partial charge in [-0.2, -0.15) is 10.0 Å². The van der Waals surface area contributed by atoms with Gasteiger partial charge in [0.05, 0.1) is 13.2 Å². The van der Waals surface area contributed by atoms with E-state index >= 15 is 0 Å². The summed E-state index contributed by atoms with van der Waals surface area (Å²) in [5, 5.41) is 7.75. The Labute approximate surface area is 154 Å². The van der Waals surface area contributed by atoms with E-state index in [4.69, 9.17) is 9.47 Å². The molecular formula is C18H30N4O4. The van der Waals surface area contributed by atoms with Gasteiger partial charge in [0.25, 0.3) is 0 Å². The minimum atomic E-state index is -0.300. The highest BCUT2D eigenvalue weighted by atomic mass is 16.6. The van der Waals surface area contributed by atoms with Gasteiger partial charge in [-0.05, 0) is 39.5 Å². The van der Waals surface area contributed by atoms with Crippen LogP contribution in [0.15, 0.2) is 0 Å². The fourth-order valence-electron chi connectivity index (χ4n) is 4.83. The summed E-state index contributed by atoms with van der Waals surface area (Å²) >= 11 is 0. The second-order valence-corrected chi connectivity index (χ2v) is 7.55. The second kappa shape index (κ2) is 7.23. The first kappa shape index (κ1) is 17.9. The molecule has 4 fully saturated rings. The van der Waals surface area contributed by atoms with Crippen LogP contribution in [0.3, 0.4) is 0 Å². The molecule has 0 aromatic heterocycles. The van der Waals surface area contributed by atoms with E-state index in [1.165, 1.54) is 25.7 Å². The van der Waals surface area contributed by atoms with E-state index in [0.29, 0.717) is 25.3 Å². The molecule has 146 valence electrons. The summed E-state index contributed by atoms with van der Waals surface area (Å²) in [6, 6.07) is 0.749. The van der Waals surface area contributed by atoms with Crippen molar-refractivity contribution < 1.29 is 19.1 Å². The molecule has 0 aromatic carbocycles. The lowest BCUT2D eigenvalue weighted by Crippen LogP contribution is -2.24. The molecule has 2 unspecified atom stereocenters. The number of nitrogens with zero attached hydrogens (tertiary/aromatic N) is 4. The summed E-state index contributed by atoms with van der Waals surface area (Å²) in [7, 11) is 0. The Balaban J connectivity index is 1.52. The molecule has 0 radical (unpaired) electrons. The van der Waals surface area contributed by atoms with E-state index in [0.717, 1.165) is 25.7 Å². The first-order valence-corrected chi connectivity index (χ1v) is 10.2. The molecule has 2 aliphatic carbocycles. The van der Waals surface area contributed by atoms with Crippen molar-refractivity contribution in [2.45, 2.75) is 89.6 Å². The van der Waals surface area contributed by atoms with Crippen LogP contribution in [0, 0.1) is 0 Å². The van der Waals surface area contributed by atoms with Gasteiger partial charge in [0.15, 0.2) is 12.3 Å². The number of rotatable bonds is 5. The van der Waals surface area contributed by atoms with Gasteiger partial charge in [0, 0.05) is 12.1 Å². The number of amides is 2. The molecule has 2 saturated carbocycles. The van der Waals surface area contributed by atoms with Crippen molar-refractivity contribution in [3.63, 3.8) is 0 Å². The van der Waals surface area contributed by atoms with E-state index in [9.17, 15) is 9.59 Å². The van der Waals surface area contributed by atoms with E-state index in [2.05, 4.69) is 10.0 Å². The maximum atomic E-state index is 12.5. The van der Waals surface area contributed by atoms with Gasteiger partial charge < -0.3 is 9.47 Å². The maximum Gasteiger partial charge on any atom is 0.426 e. The molecular weight excluding hydrogens is 336 g/mol. The van der Waals surface area contributed by atoms with Gasteiger partial charge in [0.1, 0.15) is 0 Å². The van der Waals surface area contributed by atoms with Crippen molar-refractivity contribution in [3.8, 4) is 0 Å². The Morgan fingerprint density at radius 1 is 0.731 bits per heavy atom. The molecule has 2 saturated heterocycles. The molecule has 8 nitrogen and oxygen atoms in total. The molecule has 4 atom stereocenters. The Hall–Kier alpha value is -1.54. The molecule has 0 spiro atoms. The van der Waals surface area contributed by atoms with Crippen LogP contribution in [0.25, 0.3) is 0 Å². The van der Waals surface area contributed by atoms with Gasteiger partial charge in [-0.15, -0.1) is 0 Å². The van der Waals surface area contributed by atoms with Crippen LogP contribution in [-0.2, 0) is 9.47 Å². The Kier molecular flexibility index (Phi) is 4.96. The van der Waals surface area contributed by atoms with E-state index in [1.54, 1.807) is 10.0 Å². The minimum absolute atomic E-state index is 0.109. The summed E-state index contributed by atoms with van der Waals surface area (Å²) in [6.45, 7) is 4.37. The highest BCUT2D eigenvalue weighted by Crippen LogP contribution is 2.49. The van der Waals surface area contributed by atoms with Crippen molar-refractivity contribution in [1.29, 1.82) is 0 Å². The monoisotopic (exact) mass is 366 g/mol. The largest absolute Gasteiger partial charge is 0.449 e. The zero-order chi connectivity index (χ0) is 18.3. The lowest BCUT2D eigenvalue weighted by molar-refractivity contribution is 0.110. The number of hydrogen-bond acceptors (Lipinski definition) is 6. The van der Waals surface area contributed by atoms with Crippen molar-refractivity contribution >= 4 is 12.2 Å². The van der Waals surface area contributed by atoms with Crippen LogP contribution in [0.4, 0.5) is 9.59 Å². The Morgan fingerprint density at radius 2 is 1.08 bits per heavy atom. The number of ether oxygens (including phenoxy) is 2. The zero-order valence-electron chi connectivity index (χ0n) is 15.8. The third kappa shape index (κ3) is 3.03. The molecule has 4 rings (SSSR count). The Bertz CT molecular complexity index is 499. The molecule has 2 aliphatic heterocycles. The lowest BCUT2D eigenvalue weighted by atomic mass is 10.2. The van der Waals surface area contributed by atoms with Crippen LogP contribution >= 0.6 is 0 Å². The van der Waals surface area contributed by atoms with Gasteiger partial charge >= 0.3 is 12.2 Å². The maximum absolute atomic E-state index is 12.5. The average Bonchev–Trinajstić information content (AvgIpc) is 3.33. The highest BCUT2D eigenvalue weighted by molar-refractivity contribution is 5.73. The quantitative estimate of drug-likeness (QED) is 0.697. The summed E-state index contributed by atoms with van der Waals surface area (Å²) in [5.74, 6) is 0. The summed E-state index contributed by atoms with van der Waals surface area (Å²) in [5.41, 5.74) is 0. The van der Waals surface area contributed by atoms with Crippen LogP contribution < -0.4 is 0 Å². The molecule has 4 aliphatic rings. The SMILES string of the molecule is CCOC(=O)N1[C@@H]([C@H]2N(C(=O)OCC)N2C2CCCC2)N1C1CCCC1. The fourth-order valence-corrected chi connectivity index (χ4v) is 4.83. The first-order valence-electron chi connectivity index (χ1n) is 10.2. The summed E-state index contributed by atoms with van der Waals surface area (Å²) in [4.78, 5) is 24.9. The molecule has 8 heteroatoms. The predicted octanol–water partition coefficient (Wildman–Crippen LogP) is 2.90. The summed E-state index contributed by atoms with van der Waals surface area (Å²) < 4.78 is 10.5. The Morgan fingerprint density at radius 3 is 1.38 bits per heavy atom. The van der Waals surface area contributed by atoms with E-state index < -0.39 is 0 Å². The molecule has 0 N–H and O–H groups in total. The molecule has 26 heavy (non-hydrogen) atoms. The molecule has 2 heterocycles. The average molecular weight is 366 g/mol. The zero-order valence-corrected chi connectivity index (χ0v) is 15.8. The standard InChI is InChI=1S/C18H30N4O4/c1-3-25-17(23)21-15(19(21)13-9-5-6-10-13)16-20(14-11-7-8-12-14)22(16)18(24)26-4-2/h13-16H,3-12H2,1-2H3/t15-,16+,19?,20?,21?,22?. The van der Waals surface area contributed by atoms with Gasteiger partial charge in [-0.3, -0.25) is 0 Å². The van der Waals surface area contributed by atoms with Crippen molar-refractivity contribution in [1.82, 2.24) is 20.0 Å². The lowest BCUT2D eigenvalue weighted by Gasteiger charge is -2.11. The minimum Gasteiger partial charge on any atom is -0.449 e. The molecule has 0 aromatic rings. The highest BCUT2D eigenvalue weighted by Gasteiger charge is 2.70. The van der Waals surface area contributed by atoms with Crippen LogP contribution in [0.5, 0.6) is 0 Å². The van der Waals surface area contributed by atoms with Gasteiger partial charge in [-0.1, -0.05) is 25.7 Å². The fraction of sp³-hybridized carbons (Fsp3) is 0.889. The van der Waals surface area contributed by atoms with Crippen molar-refractivity contribution in [3.05, 3.63) is 0 Å². The van der Waals surface area contributed by atoms with Crippen LogP contribution in [0.2, 0.25) is 0 Å². The third-order valence-corrected chi connectivity index (χ3v) is 6.01. The van der Waals surface area contributed by atoms with Crippen molar-refractivity contribution in [2.24, 2.45) is 0 Å². The second-order valence-electron chi connectivity index (χ2n) is 7.55. The third-order valence-electron chi connectivity index (χ3n) is 6.01. The summed E-state index contributed by atoms with van der Waals surface area (Å²) in [6.07, 6.45) is 8.37. The first-order chi connectivity index (χ1) is 12.7. The molecule has 2 amide bonds. The van der Waals surface area contributed by atoms with Crippen LogP contribution in [0.1, 0.15) is 65.2 Å². The number of hydrazine groups is 2. The number of hydrogen-bond donors (Lipinski definition) is 0. The smallest absolute Gasteiger partial charge is 0.426 e. The topological polar surface area (TPSA) is 64.6 Å². The van der Waals surface area contributed by atoms with Crippen LogP contribution in [-0.4, -0.2) is 69.9 Å². The van der Waals surface area contributed by atoms with E-state index in [-0.39, 0.29) is 24.5 Å². The van der Waals surface area contributed by atoms with Crippen molar-refractivity contribution in [2.75, 3.05) is 13.2 Å². The van der Waals surface area contributed by atoms with Gasteiger partial charge in [0.2, 0.25) is 0 Å². The number of carbonyl (C=O) groups is 2. The van der Waals surface area contributed by atoms with E-state index in [1.807, 2.05) is 13.8 Å². The normalized spacial score (nSPS) is 34.2.